The highest BCUT2D eigenvalue weighted by atomic mass is 16.2. The summed E-state index contributed by atoms with van der Waals surface area (Å²) in [6.45, 7) is 0.0238. The van der Waals surface area contributed by atoms with Gasteiger partial charge in [0.2, 0.25) is 0 Å². The van der Waals surface area contributed by atoms with Crippen LogP contribution < -0.4 is 10.2 Å². The topological polar surface area (TPSA) is 56.1 Å². The molecule has 0 aliphatic carbocycles. The molecular weight excluding hydrogens is 178 g/mol. The standard InChI is InChI=1S/C10H11N3O/c1-13(10(14)12-8-7-11)9-5-3-2-4-6-9/h2-6H,8H2,1H3,(H,12,14). The number of hydrogen-bond donors (Lipinski definition) is 1. The number of anilines is 1. The van der Waals surface area contributed by atoms with Crippen LogP contribution in [0.4, 0.5) is 10.5 Å². The highest BCUT2D eigenvalue weighted by Crippen LogP contribution is 2.10. The van der Waals surface area contributed by atoms with Gasteiger partial charge < -0.3 is 5.32 Å². The quantitative estimate of drug-likeness (QED) is 0.714. The zero-order valence-electron chi connectivity index (χ0n) is 7.90. The number of benzene rings is 1. The number of nitrogens with one attached hydrogen (secondary N) is 1. The molecule has 0 aromatic heterocycles. The van der Waals surface area contributed by atoms with Crippen molar-refractivity contribution >= 4 is 11.7 Å². The Morgan fingerprint density at radius 3 is 2.71 bits per heavy atom. The van der Waals surface area contributed by atoms with Crippen molar-refractivity contribution in [1.82, 2.24) is 5.32 Å². The molecule has 4 nitrogen and oxygen atoms in total. The van der Waals surface area contributed by atoms with Crippen molar-refractivity contribution in [1.29, 1.82) is 5.26 Å². The van der Waals surface area contributed by atoms with Crippen molar-refractivity contribution in [2.45, 2.75) is 0 Å². The van der Waals surface area contributed by atoms with Crippen molar-refractivity contribution in [2.75, 3.05) is 18.5 Å². The number of para-hydroxylation sites is 1. The lowest BCUT2D eigenvalue weighted by Gasteiger charge is -2.16. The molecule has 0 saturated heterocycles. The van der Waals surface area contributed by atoms with Gasteiger partial charge in [-0.3, -0.25) is 4.90 Å². The van der Waals surface area contributed by atoms with E-state index in [1.807, 2.05) is 36.4 Å². The second-order valence-corrected chi connectivity index (χ2v) is 2.71. The van der Waals surface area contributed by atoms with E-state index in [0.717, 1.165) is 5.69 Å². The summed E-state index contributed by atoms with van der Waals surface area (Å²) < 4.78 is 0. The summed E-state index contributed by atoms with van der Waals surface area (Å²) in [5.74, 6) is 0. The minimum Gasteiger partial charge on any atom is -0.325 e. The van der Waals surface area contributed by atoms with Gasteiger partial charge in [-0.2, -0.15) is 5.26 Å². The summed E-state index contributed by atoms with van der Waals surface area (Å²) in [5, 5.41) is 10.7. The molecule has 1 aromatic rings. The summed E-state index contributed by atoms with van der Waals surface area (Å²) in [5.41, 5.74) is 0.794. The lowest BCUT2D eigenvalue weighted by molar-refractivity contribution is 0.248. The fourth-order valence-electron chi connectivity index (χ4n) is 1.00. The van der Waals surface area contributed by atoms with Gasteiger partial charge in [-0.25, -0.2) is 4.79 Å². The van der Waals surface area contributed by atoms with Crippen LogP contribution in [0.15, 0.2) is 30.3 Å². The summed E-state index contributed by atoms with van der Waals surface area (Å²) in [6, 6.07) is 10.8. The van der Waals surface area contributed by atoms with Crippen molar-refractivity contribution in [3.05, 3.63) is 30.3 Å². The molecule has 0 saturated carbocycles. The number of urea groups is 1. The number of carbonyl (C=O) groups is 1. The highest BCUT2D eigenvalue weighted by Gasteiger charge is 2.08. The molecule has 14 heavy (non-hydrogen) atoms. The monoisotopic (exact) mass is 189 g/mol. The first-order chi connectivity index (χ1) is 6.75. The molecule has 0 bridgehead atoms. The number of amides is 2. The van der Waals surface area contributed by atoms with Crippen LogP contribution in [-0.2, 0) is 0 Å². The van der Waals surface area contributed by atoms with Gasteiger partial charge in [0.05, 0.1) is 6.07 Å². The minimum absolute atomic E-state index is 0.0238. The molecule has 72 valence electrons. The molecular formula is C10H11N3O. The van der Waals surface area contributed by atoms with E-state index in [1.54, 1.807) is 7.05 Å². The molecule has 0 unspecified atom stereocenters. The van der Waals surface area contributed by atoms with Crippen LogP contribution in [0.1, 0.15) is 0 Å². The van der Waals surface area contributed by atoms with Crippen LogP contribution in [0.3, 0.4) is 0 Å². The highest BCUT2D eigenvalue weighted by molar-refractivity contribution is 5.91. The van der Waals surface area contributed by atoms with Crippen LogP contribution in [0, 0.1) is 11.3 Å². The molecule has 0 fully saturated rings. The molecule has 0 aliphatic rings. The lowest BCUT2D eigenvalue weighted by atomic mass is 10.3. The van der Waals surface area contributed by atoms with Gasteiger partial charge in [0.15, 0.2) is 0 Å². The second-order valence-electron chi connectivity index (χ2n) is 2.71. The Labute approximate surface area is 82.8 Å². The maximum atomic E-state index is 11.4. The van der Waals surface area contributed by atoms with E-state index in [0.29, 0.717) is 0 Å². The predicted molar refractivity (Wildman–Crippen MR) is 53.9 cm³/mol. The van der Waals surface area contributed by atoms with Gasteiger partial charge in [0.25, 0.3) is 0 Å². The Balaban J connectivity index is 2.62. The Morgan fingerprint density at radius 1 is 1.50 bits per heavy atom. The van der Waals surface area contributed by atoms with E-state index in [2.05, 4.69) is 5.32 Å². The van der Waals surface area contributed by atoms with Crippen LogP contribution in [0.25, 0.3) is 0 Å². The molecule has 4 heteroatoms. The van der Waals surface area contributed by atoms with Gasteiger partial charge in [0.1, 0.15) is 6.54 Å². The zero-order valence-corrected chi connectivity index (χ0v) is 7.90. The summed E-state index contributed by atoms with van der Waals surface area (Å²) in [6.07, 6.45) is 0. The van der Waals surface area contributed by atoms with Crippen molar-refractivity contribution in [3.63, 3.8) is 0 Å². The van der Waals surface area contributed by atoms with Crippen molar-refractivity contribution in [2.24, 2.45) is 0 Å². The molecule has 2 amide bonds. The Bertz CT molecular complexity index is 342. The zero-order chi connectivity index (χ0) is 10.4. The smallest absolute Gasteiger partial charge is 0.322 e. The van der Waals surface area contributed by atoms with Gasteiger partial charge >= 0.3 is 6.03 Å². The van der Waals surface area contributed by atoms with E-state index in [1.165, 1.54) is 4.90 Å². The van der Waals surface area contributed by atoms with Gasteiger partial charge in [0, 0.05) is 12.7 Å². The predicted octanol–water partition coefficient (Wildman–Crippen LogP) is 1.36. The molecule has 1 rings (SSSR count). The average Bonchev–Trinajstić information content (AvgIpc) is 2.26. The molecule has 0 atom stereocenters. The summed E-state index contributed by atoms with van der Waals surface area (Å²) in [7, 11) is 1.65. The van der Waals surface area contributed by atoms with Gasteiger partial charge in [-0.1, -0.05) is 18.2 Å². The maximum absolute atomic E-state index is 11.4. The third-order valence-electron chi connectivity index (χ3n) is 1.77. The van der Waals surface area contributed by atoms with Gasteiger partial charge in [-0.05, 0) is 12.1 Å². The van der Waals surface area contributed by atoms with E-state index in [-0.39, 0.29) is 12.6 Å². The SMILES string of the molecule is CN(C(=O)NCC#N)c1ccccc1. The number of carbonyl (C=O) groups excluding carboxylic acids is 1. The maximum Gasteiger partial charge on any atom is 0.322 e. The lowest BCUT2D eigenvalue weighted by Crippen LogP contribution is -2.37. The number of hydrogen-bond acceptors (Lipinski definition) is 2. The molecule has 0 radical (unpaired) electrons. The normalized spacial score (nSPS) is 8.86. The van der Waals surface area contributed by atoms with Crippen LogP contribution in [0.2, 0.25) is 0 Å². The molecule has 0 spiro atoms. The molecule has 1 N–H and O–H groups in total. The van der Waals surface area contributed by atoms with Gasteiger partial charge in [-0.15, -0.1) is 0 Å². The van der Waals surface area contributed by atoms with Crippen molar-refractivity contribution in [3.8, 4) is 6.07 Å². The second kappa shape index (κ2) is 4.87. The number of nitriles is 1. The van der Waals surface area contributed by atoms with Crippen molar-refractivity contribution < 1.29 is 4.79 Å². The van der Waals surface area contributed by atoms with E-state index >= 15 is 0 Å². The Kier molecular flexibility index (Phi) is 3.50. The van der Waals surface area contributed by atoms with Crippen LogP contribution in [-0.4, -0.2) is 19.6 Å². The third kappa shape index (κ3) is 2.49. The summed E-state index contributed by atoms with van der Waals surface area (Å²) >= 11 is 0. The largest absolute Gasteiger partial charge is 0.325 e. The number of rotatable bonds is 2. The average molecular weight is 189 g/mol. The first-order valence-corrected chi connectivity index (χ1v) is 4.19. The van der Waals surface area contributed by atoms with Crippen LogP contribution in [0.5, 0.6) is 0 Å². The Morgan fingerprint density at radius 2 is 2.14 bits per heavy atom. The molecule has 0 heterocycles. The first kappa shape index (κ1) is 10.1. The number of nitrogens with zero attached hydrogens (tertiary/aromatic N) is 2. The van der Waals surface area contributed by atoms with E-state index < -0.39 is 0 Å². The minimum atomic E-state index is -0.280. The molecule has 1 aromatic carbocycles. The van der Waals surface area contributed by atoms with Crippen LogP contribution >= 0.6 is 0 Å². The first-order valence-electron chi connectivity index (χ1n) is 4.19. The van der Waals surface area contributed by atoms with E-state index in [4.69, 9.17) is 5.26 Å². The third-order valence-corrected chi connectivity index (χ3v) is 1.77. The fourth-order valence-corrected chi connectivity index (χ4v) is 1.00. The summed E-state index contributed by atoms with van der Waals surface area (Å²) in [4.78, 5) is 12.8. The molecule has 0 aliphatic heterocycles. The fraction of sp³-hybridized carbons (Fsp3) is 0.200. The van der Waals surface area contributed by atoms with E-state index in [9.17, 15) is 4.79 Å². The Hall–Kier alpha value is -2.02.